The van der Waals surface area contributed by atoms with E-state index in [1.165, 1.54) is 10.4 Å². The van der Waals surface area contributed by atoms with Gasteiger partial charge in [-0.25, -0.2) is 0 Å². The molecule has 0 unspecified atom stereocenters. The van der Waals surface area contributed by atoms with Gasteiger partial charge >= 0.3 is 0 Å². The van der Waals surface area contributed by atoms with Gasteiger partial charge in [0.2, 0.25) is 0 Å². The SMILES string of the molecule is C=C1/C(=C\CO)C[C@@H](O[Si](C)(C)C(C)(C)C)[C@@H](OCCCO[Si](c2ccccc2)(c2ccccc2)C(C)(C)C)[C@@H]1O[Si](C)(C)C(C)(C)C. The molecular formula is C40H66O5Si3. The maximum atomic E-state index is 9.96. The average molecular weight is 711 g/mol. The first kappa shape index (κ1) is 40.8. The van der Waals surface area contributed by atoms with Crippen LogP contribution < -0.4 is 10.4 Å². The first-order valence-electron chi connectivity index (χ1n) is 17.8. The van der Waals surface area contributed by atoms with Crippen LogP contribution in [0.25, 0.3) is 0 Å². The third kappa shape index (κ3) is 9.18. The van der Waals surface area contributed by atoms with E-state index in [2.05, 4.69) is 156 Å². The van der Waals surface area contributed by atoms with Crippen LogP contribution in [-0.4, -0.2) is 68.2 Å². The van der Waals surface area contributed by atoms with Crippen LogP contribution in [0.2, 0.25) is 41.3 Å². The number of ether oxygens (including phenoxy) is 1. The van der Waals surface area contributed by atoms with Crippen LogP contribution >= 0.6 is 0 Å². The zero-order valence-electron chi connectivity index (χ0n) is 32.4. The summed E-state index contributed by atoms with van der Waals surface area (Å²) in [6.07, 6.45) is 2.38. The number of aliphatic hydroxyl groups is 1. The molecular weight excluding hydrogens is 645 g/mol. The predicted molar refractivity (Wildman–Crippen MR) is 211 cm³/mol. The fourth-order valence-corrected chi connectivity index (χ4v) is 13.3. The molecule has 1 saturated carbocycles. The second kappa shape index (κ2) is 15.7. The van der Waals surface area contributed by atoms with Gasteiger partial charge in [-0.3, -0.25) is 0 Å². The predicted octanol–water partition coefficient (Wildman–Crippen LogP) is 9.00. The van der Waals surface area contributed by atoms with Gasteiger partial charge in [0.15, 0.2) is 16.6 Å². The van der Waals surface area contributed by atoms with Crippen LogP contribution in [0.3, 0.4) is 0 Å². The van der Waals surface area contributed by atoms with Gasteiger partial charge in [0.1, 0.15) is 6.10 Å². The molecule has 0 radical (unpaired) electrons. The third-order valence-corrected chi connectivity index (χ3v) is 25.0. The number of hydrogen-bond donors (Lipinski definition) is 1. The van der Waals surface area contributed by atoms with Gasteiger partial charge in [0.05, 0.1) is 18.8 Å². The Morgan fingerprint density at radius 1 is 0.729 bits per heavy atom. The Kier molecular flexibility index (Phi) is 13.4. The van der Waals surface area contributed by atoms with Gasteiger partial charge < -0.3 is 23.1 Å². The molecule has 0 aromatic heterocycles. The highest BCUT2D eigenvalue weighted by Gasteiger charge is 2.51. The Bertz CT molecular complexity index is 1310. The molecule has 3 rings (SSSR count). The summed E-state index contributed by atoms with van der Waals surface area (Å²) in [5, 5.41) is 12.5. The number of hydrogen-bond acceptors (Lipinski definition) is 5. The van der Waals surface area contributed by atoms with Gasteiger partial charge in [-0.15, -0.1) is 0 Å². The van der Waals surface area contributed by atoms with E-state index in [0.717, 1.165) is 17.6 Å². The van der Waals surface area contributed by atoms with E-state index in [4.69, 9.17) is 18.0 Å². The molecule has 5 nitrogen and oxygen atoms in total. The number of rotatable bonds is 13. The normalized spacial score (nSPS) is 21.2. The average Bonchev–Trinajstić information content (AvgIpc) is 2.97. The van der Waals surface area contributed by atoms with Gasteiger partial charge in [-0.1, -0.05) is 136 Å². The zero-order chi connectivity index (χ0) is 36.2. The lowest BCUT2D eigenvalue weighted by Gasteiger charge is -2.49. The monoisotopic (exact) mass is 710 g/mol. The summed E-state index contributed by atoms with van der Waals surface area (Å²) in [4.78, 5) is 0. The molecule has 8 heteroatoms. The summed E-state index contributed by atoms with van der Waals surface area (Å²) in [7, 11) is -7.03. The van der Waals surface area contributed by atoms with Gasteiger partial charge in [-0.05, 0) is 69.2 Å². The van der Waals surface area contributed by atoms with Crippen LogP contribution in [0.15, 0.2) is 84.5 Å². The molecule has 2 aromatic carbocycles. The summed E-state index contributed by atoms with van der Waals surface area (Å²) in [6, 6.07) is 21.6. The van der Waals surface area contributed by atoms with Gasteiger partial charge in [0.25, 0.3) is 8.32 Å². The Labute approximate surface area is 296 Å². The van der Waals surface area contributed by atoms with Crippen molar-refractivity contribution in [3.05, 3.63) is 84.5 Å². The van der Waals surface area contributed by atoms with Crippen molar-refractivity contribution < 1.29 is 23.1 Å². The minimum atomic E-state index is -2.64. The first-order chi connectivity index (χ1) is 22.1. The van der Waals surface area contributed by atoms with Crippen LogP contribution in [0.4, 0.5) is 0 Å². The summed E-state index contributed by atoms with van der Waals surface area (Å²) in [5.41, 5.74) is 1.91. The molecule has 3 atom stereocenters. The third-order valence-electron chi connectivity index (χ3n) is 11.0. The molecule has 0 aliphatic heterocycles. The largest absolute Gasteiger partial charge is 0.411 e. The van der Waals surface area contributed by atoms with Crippen molar-refractivity contribution in [2.75, 3.05) is 19.8 Å². The van der Waals surface area contributed by atoms with Crippen molar-refractivity contribution in [2.24, 2.45) is 0 Å². The second-order valence-corrected chi connectivity index (χ2v) is 31.4. The highest BCUT2D eigenvalue weighted by Crippen LogP contribution is 2.45. The zero-order valence-corrected chi connectivity index (χ0v) is 35.4. The lowest BCUT2D eigenvalue weighted by atomic mass is 9.84. The Balaban J connectivity index is 1.94. The van der Waals surface area contributed by atoms with Crippen molar-refractivity contribution in [3.8, 4) is 0 Å². The number of aliphatic hydroxyl groups excluding tert-OH is 1. The lowest BCUT2D eigenvalue weighted by molar-refractivity contribution is -0.0879. The maximum absolute atomic E-state index is 9.96. The summed E-state index contributed by atoms with van der Waals surface area (Å²) >= 11 is 0. The molecule has 0 spiro atoms. The molecule has 1 fully saturated rings. The van der Waals surface area contributed by atoms with E-state index in [1.54, 1.807) is 0 Å². The standard InChI is InChI=1S/C40H66O5Si3/c1-31-32(26-27-41)30-35(44-46(11,12)38(2,3)4)37(36(31)45-47(13,14)39(5,6)7)42-28-21-29-43-48(40(8,9)10,33-22-17-15-18-23-33)34-24-19-16-20-25-34/h15-20,22-26,35-37,41H,1,21,27-30H2,2-14H3/b32-26-/t35-,36-,37-/m1/s1. The van der Waals surface area contributed by atoms with Crippen molar-refractivity contribution in [3.63, 3.8) is 0 Å². The summed E-state index contributed by atoms with van der Waals surface area (Å²) in [6.45, 7) is 35.3. The molecule has 1 aliphatic carbocycles. The quantitative estimate of drug-likeness (QED) is 0.166. The molecule has 48 heavy (non-hydrogen) atoms. The number of benzene rings is 2. The lowest BCUT2D eigenvalue weighted by Crippen LogP contribution is -2.66. The summed E-state index contributed by atoms with van der Waals surface area (Å²) in [5.74, 6) is 0. The van der Waals surface area contributed by atoms with Crippen LogP contribution in [-0.2, 0) is 18.0 Å². The van der Waals surface area contributed by atoms with E-state index in [0.29, 0.717) is 19.6 Å². The van der Waals surface area contributed by atoms with E-state index in [9.17, 15) is 5.11 Å². The molecule has 1 N–H and O–H groups in total. The fourth-order valence-electron chi connectivity index (χ4n) is 6.12. The van der Waals surface area contributed by atoms with E-state index >= 15 is 0 Å². The van der Waals surface area contributed by atoms with E-state index in [1.807, 2.05) is 6.08 Å². The highest BCUT2D eigenvalue weighted by molar-refractivity contribution is 6.99. The van der Waals surface area contributed by atoms with Crippen molar-refractivity contribution in [2.45, 2.75) is 135 Å². The van der Waals surface area contributed by atoms with Gasteiger partial charge in [-0.2, -0.15) is 0 Å². The molecule has 0 amide bonds. The highest BCUT2D eigenvalue weighted by atomic mass is 28.4. The second-order valence-electron chi connectivity index (χ2n) is 17.6. The minimum absolute atomic E-state index is 0.00947. The van der Waals surface area contributed by atoms with Crippen molar-refractivity contribution in [1.82, 2.24) is 0 Å². The van der Waals surface area contributed by atoms with Crippen LogP contribution in [0.1, 0.15) is 75.2 Å². The van der Waals surface area contributed by atoms with Crippen molar-refractivity contribution >= 4 is 35.3 Å². The van der Waals surface area contributed by atoms with E-state index < -0.39 is 25.0 Å². The van der Waals surface area contributed by atoms with Gasteiger partial charge in [0, 0.05) is 19.6 Å². The first-order valence-corrected chi connectivity index (χ1v) is 25.5. The van der Waals surface area contributed by atoms with Crippen LogP contribution in [0.5, 0.6) is 0 Å². The van der Waals surface area contributed by atoms with Crippen molar-refractivity contribution in [1.29, 1.82) is 0 Å². The Hall–Kier alpha value is -1.63. The molecule has 1 aliphatic rings. The topological polar surface area (TPSA) is 57.2 Å². The molecule has 2 aromatic rings. The fraction of sp³-hybridized carbons (Fsp3) is 0.600. The molecule has 268 valence electrons. The molecule has 0 heterocycles. The smallest absolute Gasteiger partial charge is 0.261 e. The Morgan fingerprint density at radius 2 is 1.21 bits per heavy atom. The molecule has 0 bridgehead atoms. The summed E-state index contributed by atoms with van der Waals surface area (Å²) < 4.78 is 28.4. The molecule has 0 saturated heterocycles. The Morgan fingerprint density at radius 3 is 1.65 bits per heavy atom. The van der Waals surface area contributed by atoms with E-state index in [-0.39, 0.29) is 40.0 Å². The minimum Gasteiger partial charge on any atom is -0.411 e. The van der Waals surface area contributed by atoms with Crippen LogP contribution in [0, 0.1) is 0 Å². The maximum Gasteiger partial charge on any atom is 0.261 e.